The first kappa shape index (κ1) is 5.32. The summed E-state index contributed by atoms with van der Waals surface area (Å²) in [5.74, 6) is -0.105. The Bertz CT molecular complexity index is 3530. The van der Waals surface area contributed by atoms with Crippen LogP contribution in [0.25, 0.3) is 22.3 Å². The molecular formula is C53H423N11O12S2. The van der Waals surface area contributed by atoms with Crippen LogP contribution in [0.4, 0.5) is 31.8 Å². The molecule has 6 N–H and O–H groups in total. The number of H-pyrrole nitrogens is 2. The van der Waals surface area contributed by atoms with Crippen molar-refractivity contribution in [2.75, 3.05) is 49.1 Å². The first-order chi connectivity index (χ1) is 212. The van der Waals surface area contributed by atoms with Gasteiger partial charge < -0.3 is 45.0 Å². The number of rotatable bonds is 8. The van der Waals surface area contributed by atoms with Crippen molar-refractivity contribution < 1.29 is 578 Å². The standard InChI is InChI=1S/C20H26N4O5S.C17H23N3O4.C16H18N4O3S.178H2/c1-7-28-17(26)15-12-8-9-21-16(24(6)19(27)29-20(3,4)5)13(12)10-14(15)23-18(30)22-11(2)25;1-6-23-15(21)13-10-7-8-19-14(11(10)9-12(13)18)20(5)16(22)24-17(2,3)4;1-16(2,3)23-15(22)20(4)12-9-7-10-11(8(9)5-6-17-12)13(21)19-14(24)18-10;;;;;;;;;;;;;;;;;;;;;;;;;;;;;;;;;;;;;;;;;;;;;;;;;;;;;;;;;;;;;;;;;;;;;;;;;;;;;;;;;;;;;;;;;;;;;;;;;;;;;;;;;;;;;;;;;;;;;;;;;;;;;;;;;;;;;;;;;;;;;;;;;;;;;;;;;;;;;;;;;;;;;;;;;;;;;;;;;;/h8-9H,7,10H2,1-6H3,(H2,22,23,25,30);7-8H,6,9,18H2,1-5H3;5-6H,7H2,1-4H3,(H2,18,19,21,24);178*1H/i;;;176*1+1D;2*1+1. The highest BCUT2D eigenvalue weighted by atomic mass is 32.1. The van der Waals surface area contributed by atoms with Crippen LogP contribution in [0.1, 0.15) is 642 Å². The summed E-state index contributed by atoms with van der Waals surface area (Å²) in [5.41, 5.74) is 10.8. The summed E-state index contributed by atoms with van der Waals surface area (Å²) in [6.45, 7) is 21.3. The highest BCUT2D eigenvalue weighted by Gasteiger charge is 2.35. The molecule has 4 amide bonds. The molecule has 774 valence electrons. The molecule has 7 rings (SSSR count). The number of aromatic nitrogens is 5. The zero-order valence-corrected chi connectivity index (χ0v) is 48.1. The van der Waals surface area contributed by atoms with Crippen LogP contribution >= 0.6 is 24.4 Å². The maximum Gasteiger partial charge on any atom is 0.415 e. The normalized spacial score (nSPS) is 31.0. The number of aromatic amines is 2. The summed E-state index contributed by atoms with van der Waals surface area (Å²) < 4.78 is 1790. The lowest BCUT2D eigenvalue weighted by molar-refractivity contribution is -0.137. The molecule has 0 unspecified atom stereocenters. The van der Waals surface area contributed by atoms with E-state index < -0.39 is 47.0 Å². The molecule has 3 aliphatic carbocycles. The molecule has 0 fully saturated rings. The molecule has 0 aliphatic heterocycles. The number of amides is 4. The number of carbonyl (C=O) groups excluding carboxylic acids is 6. The Labute approximate surface area is 1010 Å². The smallest absolute Gasteiger partial charge is 0.415 e. The zero-order chi connectivity index (χ0) is 410. The Morgan fingerprint density at radius 3 is 1.49 bits per heavy atom. The Morgan fingerprint density at radius 2 is 1.06 bits per heavy atom. The number of hydrogen-bond acceptors (Lipinski definition) is 18. The predicted molar refractivity (Wildman–Crippen MR) is 675 cm³/mol. The first-order valence-electron chi connectivity index (χ1n) is 201. The summed E-state index contributed by atoms with van der Waals surface area (Å²) in [4.78, 5) is 108. The Morgan fingerprint density at radius 1 is 0.667 bits per heavy atom. The van der Waals surface area contributed by atoms with E-state index in [1.807, 2.05) is 0 Å². The van der Waals surface area contributed by atoms with E-state index in [0.29, 0.717) is 75.1 Å². The fraction of sp³-hybridized carbons (Fsp3) is 0.434. The number of nitrogens with zero attached hydrogens (tertiary/aromatic N) is 6. The average molecular weight is 1830 g/mol. The van der Waals surface area contributed by atoms with Gasteiger partial charge in [-0.15, -0.1) is 0 Å². The van der Waals surface area contributed by atoms with Gasteiger partial charge in [-0.3, -0.25) is 29.3 Å². The maximum absolute atomic E-state index is 12.6. The molecule has 25 heteroatoms. The van der Waals surface area contributed by atoms with Crippen molar-refractivity contribution >= 4 is 94.3 Å². The molecule has 0 saturated heterocycles. The number of allylic oxidation sites excluding steroid dienone is 2. The third kappa shape index (κ3) is 14.9. The van der Waals surface area contributed by atoms with E-state index in [4.69, 9.17) is 577 Å². The van der Waals surface area contributed by atoms with Gasteiger partial charge in [-0.05, 0) is 135 Å². The topological polar surface area (TPSA) is 296 Å². The average Bonchev–Trinajstić information content (AvgIpc) is 1.60. The number of esters is 2. The molecule has 0 spiro atoms. The van der Waals surface area contributed by atoms with Crippen LogP contribution in [0.2, 0.25) is 0 Å². The van der Waals surface area contributed by atoms with E-state index in [1.165, 1.54) is 34.0 Å². The number of nitrogens with one attached hydrogen (secondary N) is 4. The van der Waals surface area contributed by atoms with Crippen molar-refractivity contribution in [2.45, 2.75) is 119 Å². The van der Waals surface area contributed by atoms with Crippen LogP contribution < -0.4 is 36.6 Å². The van der Waals surface area contributed by atoms with Crippen LogP contribution in [0, 0.1) is 4.77 Å². The van der Waals surface area contributed by atoms with Gasteiger partial charge in [0.05, 0.1) is 29.9 Å². The minimum absolute atomic E-state index is 0. The lowest BCUT2D eigenvalue weighted by Gasteiger charge is -2.25. The van der Waals surface area contributed by atoms with Crippen LogP contribution in [0.15, 0.2) is 53.0 Å². The van der Waals surface area contributed by atoms with E-state index in [0.717, 1.165) is 16.8 Å². The van der Waals surface area contributed by atoms with E-state index in [9.17, 15) is 33.6 Å². The Balaban J connectivity index is -0.00000000917. The van der Waals surface area contributed by atoms with Crippen molar-refractivity contribution in [3.8, 4) is 11.1 Å². The molecule has 4 aromatic heterocycles. The van der Waals surface area contributed by atoms with Gasteiger partial charge in [0.15, 0.2) is 9.88 Å². The molecule has 0 atom stereocenters. The molecule has 4 aromatic rings. The number of hydrogen-bond donors (Lipinski definition) is 5. The van der Waals surface area contributed by atoms with Gasteiger partial charge in [0.1, 0.15) is 34.3 Å². The summed E-state index contributed by atoms with van der Waals surface area (Å²) in [7, 11) is 4.73. The third-order valence-electron chi connectivity index (χ3n) is 11.1. The van der Waals surface area contributed by atoms with Crippen molar-refractivity contribution in [1.29, 1.82) is 0 Å². The van der Waals surface area contributed by atoms with E-state index in [2.05, 4.69) is 35.6 Å². The van der Waals surface area contributed by atoms with Crippen LogP contribution in [0.3, 0.4) is 0 Å². The van der Waals surface area contributed by atoms with Crippen molar-refractivity contribution in [2.24, 2.45) is 5.73 Å². The molecule has 0 aromatic carbocycles. The number of pyridine rings is 3. The van der Waals surface area contributed by atoms with E-state index >= 15 is 0 Å². The molecule has 4 heterocycles. The second kappa shape index (κ2) is 24.5. The SMILES string of the molecule is CCOC(=O)C1=C(N)Cc2c1ccnc2N(C)C(=O)OC(C)(C)C.CCOC(=O)C1=C(NC(=S)NC(C)=O)Cc2c1ccnc2N(C)C(=O)OC(C)(C)C.CN(C(=O)OC(C)(C)C)c1nccc2c1Cc1[nH]c(=S)[nH]c(=O)c1-2.[2HH].[2HH].[2H][2H].[2H][2H].[2H][2H].[2H][2H].[2H][2H].[2H][2H].[2H][2H].[2H][2H].[2H][2H].[2H][2H].[2H][2H].[2H][2H].[2H][2H].[2H][2H].[2H][2H].[2H][2H].[2H][2H].[2H][2H].[2H][2H].[2H][2H].[2H][2H].[2H][2H].[2H][2H].[2H][2H].[2H][2H].[2H][2H].[2H][2H].[2H][2H].[2H][2H].[2H][2H].[2H][2H].[2H][2H].[2H][2H].[2H][2H].[2H][2H].[2H][2H].[2H][2H].[2H][2H].[2H][2H].[2H][2H].[2H][2H].[2H][2H].[2H][2H].[2H][2H].[2H][2H].[2H][2H].[2H][2H].[2H][2H].[2H][2H].[2H][2H].[2H][2H].[2H][2H].[2H][2H].[2H][2H].[2H][2H].[2H][2H].[2H][2H].[2H][2H].[2H][2H].[2H][2H].[2H][2H].[2H][2H].[2H][2H].[2H][2H].[2H][2H].[2H][2H].[2H][2H].[2H][2H].[2H][2H].[2H][2H].[2H][2H].[2H][2H].[2H][2H].[2H][2H].[2H][2H].[2H][2H].[2H][2H].[2H][2H].[2H][2H].[2H][2H].[2H][2H].[2H][2H].[2H][2H].[2H][2H].[2H][2H].[2H][2H].[2H][2H].[2H][2H].[2H][2H].[2H][2H].[2H][2H].[2H][2H].[2H][2H].[2H][2H].[2H][2H].[2H][2H].[2H][2H].[2H][2H].[2H][2H].[2H][2H].[2H][2H].[2H][2H].[2H][2H].[2H][2H].[2H][2H].[2H][2H].[2H][2H].[2H][2H].[2H][2H].[2H][2H].[2H][2H].[2H][2H].[2H][2H].[2H][2H].[2H][2H].[2H][2H].[2H][2H].[2H][2H].[2H][2H].[2H][2H].[2H][2H].[2H][2H].[2H][2H].[2H][2H].[2H][2H].[2H][2H].[2H][2H].[2H][2H].[2H][2H].[2H][2H].[2H][2H].[2H][2H].[2H][2H].[2H][2H].[2H][2H].[2H][2H].[2H][2H].[2H][2H].[2H][2H].[2H][2H].[2H][2H].[2H][2H].[2H][2H].[2H][2H].[2H][2H].[2H][2H].[2H][2H].[2H][2H].[2H][2H].[2H][2H].[2H][2H].[2H][2H].[2H][2H].[2H][2H].[2H][2H].[2H][2H].[2H][2H].[2H][2H].[2H][2H].[2H][2H].[2H][2H].[2H][2H].[2H][2H].[2H][2H].[2H][2H].[2H][2H].[2H][2H].[2H][2H].[2H][2H].[2H][2H].[2H][2H].[2H][2H].[2H][2H].[2H][2H].[2H][2H].[2H][2H]. The second-order valence-electron chi connectivity index (χ2n) is 20.7. The van der Waals surface area contributed by atoms with Gasteiger partial charge in [0, 0.05) is 625 Å². The predicted octanol–water partition coefficient (Wildman–Crippen LogP) is 51.1. The monoisotopic (exact) mass is 1830 g/mol. The van der Waals surface area contributed by atoms with Gasteiger partial charge in [-0.25, -0.2) is 38.9 Å². The highest BCUT2D eigenvalue weighted by Crippen LogP contribution is 2.40. The van der Waals surface area contributed by atoms with E-state index in [1.54, 1.807) is 122 Å². The molecule has 0 bridgehead atoms. The Kier molecular flexibility index (Phi) is 1.67. The van der Waals surface area contributed by atoms with Crippen LogP contribution in [0.5, 0.6) is 0 Å². The number of anilines is 3. The lowest BCUT2D eigenvalue weighted by Crippen LogP contribution is -2.38. The molecule has 23 nitrogen and oxygen atoms in total. The van der Waals surface area contributed by atoms with Crippen molar-refractivity contribution in [3.63, 3.8) is 0 Å². The number of ether oxygens (including phenoxy) is 5. The van der Waals surface area contributed by atoms with Gasteiger partial charge >= 0.3 is 30.2 Å². The fourth-order valence-electron chi connectivity index (χ4n) is 8.11. The first-order valence-corrected chi connectivity index (χ1v) is 25.4. The Hall–Kier alpha value is -8.06. The molecular weight excluding hydrogens is 1050 g/mol. The number of fused-ring (bicyclic) bond motifs is 5. The molecule has 0 saturated carbocycles. The van der Waals surface area contributed by atoms with Gasteiger partial charge in [0.25, 0.3) is 5.56 Å². The molecule has 3 aliphatic rings. The van der Waals surface area contributed by atoms with Crippen LogP contribution in [-0.4, -0.2) is 117 Å². The fourth-order valence-corrected chi connectivity index (χ4v) is 8.59. The summed E-state index contributed by atoms with van der Waals surface area (Å²) in [6, 6.07) is 5.14. The quantitative estimate of drug-likeness (QED) is 0.0548. The largest absolute Gasteiger partial charge is 0.462 e. The van der Waals surface area contributed by atoms with E-state index in [-0.39, 0.29) is 49.4 Å². The summed E-state index contributed by atoms with van der Waals surface area (Å²) >= 11 is 10.2. The number of nitrogens with two attached hydrogens (primary N) is 1. The molecule has 0 radical (unpaired) electrons. The summed E-state index contributed by atoms with van der Waals surface area (Å²) in [6.07, 6.45) is 4.04. The number of carbonyl (C=O) groups is 6. The maximum atomic E-state index is 12.6. The molecule has 78 heavy (non-hydrogen) atoms. The second-order valence-corrected chi connectivity index (χ2v) is 21.5. The minimum Gasteiger partial charge on any atom is -0.462 e. The minimum atomic E-state index is -0.672. The van der Waals surface area contributed by atoms with Crippen molar-refractivity contribution in [1.82, 2.24) is 35.6 Å². The van der Waals surface area contributed by atoms with Crippen molar-refractivity contribution in [3.05, 3.63) is 96.8 Å². The third-order valence-corrected chi connectivity index (χ3v) is 11.5. The van der Waals surface area contributed by atoms with Gasteiger partial charge in [0.2, 0.25) is 5.91 Å². The van der Waals surface area contributed by atoms with Gasteiger partial charge in [-0.2, -0.15) is 0 Å². The van der Waals surface area contributed by atoms with Gasteiger partial charge in [-0.1, -0.05) is 0 Å². The number of thiocarbonyl (C=S) groups is 1. The summed E-state index contributed by atoms with van der Waals surface area (Å²) in [5, 5.41) is 5.42. The highest BCUT2D eigenvalue weighted by molar-refractivity contribution is 7.80. The zero-order valence-electron chi connectivity index (χ0n) is 398. The van der Waals surface area contributed by atoms with Crippen LogP contribution in [-0.2, 0) is 57.3 Å². The lowest BCUT2D eigenvalue weighted by atomic mass is 10.1.